The van der Waals surface area contributed by atoms with E-state index in [0.29, 0.717) is 62.9 Å². The Hall–Kier alpha value is -4.06. The summed E-state index contributed by atoms with van der Waals surface area (Å²) in [6.07, 6.45) is 8.73. The molecule has 0 aliphatic carbocycles. The number of fused-ring (bicyclic) bond motifs is 1. The lowest BCUT2D eigenvalue weighted by molar-refractivity contribution is 0.0990. The van der Waals surface area contributed by atoms with Crippen LogP contribution in [0.25, 0.3) is 22.2 Å². The van der Waals surface area contributed by atoms with E-state index in [1.54, 1.807) is 43.7 Å². The van der Waals surface area contributed by atoms with Crippen molar-refractivity contribution in [3.8, 4) is 16.9 Å². The first kappa shape index (κ1) is 30.0. The topological polar surface area (TPSA) is 132 Å². The molecule has 44 heavy (non-hydrogen) atoms. The van der Waals surface area contributed by atoms with Crippen LogP contribution in [0.2, 0.25) is 0 Å². The van der Waals surface area contributed by atoms with Crippen LogP contribution in [-0.4, -0.2) is 76.0 Å². The van der Waals surface area contributed by atoms with Gasteiger partial charge in [0.15, 0.2) is 0 Å². The zero-order valence-corrected chi connectivity index (χ0v) is 27.6. The molecule has 0 radical (unpaired) electrons. The van der Waals surface area contributed by atoms with Gasteiger partial charge < -0.3 is 29.6 Å². The molecule has 0 saturated carbocycles. The van der Waals surface area contributed by atoms with E-state index in [2.05, 4.69) is 58.4 Å². The summed E-state index contributed by atoms with van der Waals surface area (Å²) in [5, 5.41) is 11.7. The maximum atomic E-state index is 13.4. The molecule has 2 N–H and O–H groups in total. The first-order chi connectivity index (χ1) is 21.1. The highest BCUT2D eigenvalue weighted by molar-refractivity contribution is 9.10. The second kappa shape index (κ2) is 12.1. The molecule has 1 aliphatic rings. The number of morpholine rings is 1. The third-order valence-electron chi connectivity index (χ3n) is 7.41. The van der Waals surface area contributed by atoms with Crippen LogP contribution in [-0.2, 0) is 16.3 Å². The van der Waals surface area contributed by atoms with E-state index in [9.17, 15) is 4.57 Å². The van der Waals surface area contributed by atoms with Crippen LogP contribution in [0.1, 0.15) is 6.92 Å². The lowest BCUT2D eigenvalue weighted by atomic mass is 10.0. The average Bonchev–Trinajstić information content (AvgIpc) is 3.44. The van der Waals surface area contributed by atoms with Gasteiger partial charge in [-0.15, -0.1) is 0 Å². The van der Waals surface area contributed by atoms with Crippen LogP contribution in [0.5, 0.6) is 5.75 Å². The molecule has 2 aromatic carbocycles. The minimum atomic E-state index is -2.76. The summed E-state index contributed by atoms with van der Waals surface area (Å²) >= 11 is 3.57. The molecule has 1 saturated heterocycles. The largest absolute Gasteiger partial charge is 0.494 e. The van der Waals surface area contributed by atoms with Crippen molar-refractivity contribution in [3.63, 3.8) is 0 Å². The van der Waals surface area contributed by atoms with Crippen LogP contribution >= 0.6 is 23.1 Å². The highest BCUT2D eigenvalue weighted by Crippen LogP contribution is 2.43. The van der Waals surface area contributed by atoms with Crippen LogP contribution in [0.3, 0.4) is 0 Å². The van der Waals surface area contributed by atoms with E-state index in [0.717, 1.165) is 23.4 Å². The summed E-state index contributed by atoms with van der Waals surface area (Å²) in [7, 11) is 0.783. The summed E-state index contributed by atoms with van der Waals surface area (Å²) in [5.41, 5.74) is 5.60. The molecule has 0 unspecified atom stereocenters. The molecule has 0 amide bonds. The smallest absolute Gasteiger partial charge is 0.229 e. The number of ether oxygens (including phenoxy) is 2. The lowest BCUT2D eigenvalue weighted by Gasteiger charge is -2.36. The normalized spacial score (nSPS) is 15.4. The number of aromatic nitrogens is 6. The summed E-state index contributed by atoms with van der Waals surface area (Å²) in [6, 6.07) is 7.96. The number of hydrogen-bond acceptors (Lipinski definition) is 11. The number of hydrogen-bond donors (Lipinski definition) is 2. The molecular formula is C30H33BrN9O3P. The molecule has 1 fully saturated rings. The Bertz CT molecular complexity index is 1890. The summed E-state index contributed by atoms with van der Waals surface area (Å²) in [6.45, 7) is 7.65. The van der Waals surface area contributed by atoms with Crippen molar-refractivity contribution in [3.05, 3.63) is 59.7 Å². The van der Waals surface area contributed by atoms with Crippen LogP contribution in [0, 0.1) is 0 Å². The van der Waals surface area contributed by atoms with Gasteiger partial charge in [0, 0.05) is 67.3 Å². The first-order valence-corrected chi connectivity index (χ1v) is 17.4. The highest BCUT2D eigenvalue weighted by Gasteiger charge is 2.26. The van der Waals surface area contributed by atoms with Gasteiger partial charge in [0.2, 0.25) is 5.95 Å². The van der Waals surface area contributed by atoms with Crippen molar-refractivity contribution in [1.29, 1.82) is 0 Å². The number of methoxy groups -OCH3 is 1. The predicted molar refractivity (Wildman–Crippen MR) is 178 cm³/mol. The van der Waals surface area contributed by atoms with E-state index in [1.165, 1.54) is 0 Å². The van der Waals surface area contributed by atoms with E-state index in [4.69, 9.17) is 14.5 Å². The van der Waals surface area contributed by atoms with Gasteiger partial charge in [-0.05, 0) is 54.4 Å². The number of nitrogens with zero attached hydrogens (tertiary/aromatic N) is 7. The summed E-state index contributed by atoms with van der Waals surface area (Å²) < 4.78 is 27.4. The zero-order chi connectivity index (χ0) is 31.0. The van der Waals surface area contributed by atoms with Crippen molar-refractivity contribution in [1.82, 2.24) is 29.7 Å². The highest BCUT2D eigenvalue weighted by atomic mass is 79.9. The van der Waals surface area contributed by atoms with Crippen LogP contribution in [0.15, 0.2) is 59.7 Å². The molecule has 4 heterocycles. The average molecular weight is 679 g/mol. The molecule has 0 spiro atoms. The minimum Gasteiger partial charge on any atom is -0.494 e. The Morgan fingerprint density at radius 1 is 1.09 bits per heavy atom. The van der Waals surface area contributed by atoms with Gasteiger partial charge in [-0.2, -0.15) is 10.1 Å². The molecule has 12 nitrogen and oxygen atoms in total. The standard InChI is InChI=1S/C30H33BrN9O3P/c1-18-17-43-11-10-40(18)25-13-26(42-3)24(12-20(25)19-14-35-39(2)16-19)37-30-34-15-21(31)29(38-30)36-23-7-6-22-27(33-9-8-32-22)28(23)44(4,5)41/h6-9,12-16,18H,10-11,17H2,1-5H3,(H2,34,36,37,38)/t18-/m1/s1. The Morgan fingerprint density at radius 3 is 2.64 bits per heavy atom. The van der Waals surface area contributed by atoms with E-state index < -0.39 is 7.14 Å². The van der Waals surface area contributed by atoms with Gasteiger partial charge in [-0.25, -0.2) is 4.98 Å². The maximum Gasteiger partial charge on any atom is 0.229 e. The van der Waals surface area contributed by atoms with Crippen LogP contribution < -0.4 is 25.6 Å². The number of nitrogens with one attached hydrogen (secondary N) is 2. The molecule has 1 atom stereocenters. The summed E-state index contributed by atoms with van der Waals surface area (Å²) in [5.74, 6) is 1.48. The third kappa shape index (κ3) is 5.99. The number of benzene rings is 2. The minimum absolute atomic E-state index is 0.193. The molecule has 5 aromatic rings. The third-order valence-corrected chi connectivity index (χ3v) is 9.52. The summed E-state index contributed by atoms with van der Waals surface area (Å²) in [4.78, 5) is 20.5. The fourth-order valence-corrected chi connectivity index (χ4v) is 7.06. The maximum absolute atomic E-state index is 13.4. The van der Waals surface area contributed by atoms with Gasteiger partial charge in [0.1, 0.15) is 24.2 Å². The van der Waals surface area contributed by atoms with Crippen molar-refractivity contribution in [2.75, 3.05) is 55.7 Å². The van der Waals surface area contributed by atoms with Gasteiger partial charge in [0.05, 0.1) is 53.2 Å². The Kier molecular flexibility index (Phi) is 8.28. The zero-order valence-electron chi connectivity index (χ0n) is 25.1. The molecule has 0 bridgehead atoms. The molecule has 228 valence electrons. The molecule has 1 aliphatic heterocycles. The van der Waals surface area contributed by atoms with Crippen molar-refractivity contribution >= 4 is 68.2 Å². The predicted octanol–water partition coefficient (Wildman–Crippen LogP) is 5.55. The number of aryl methyl sites for hydroxylation is 1. The van der Waals surface area contributed by atoms with Crippen molar-refractivity contribution < 1.29 is 14.0 Å². The lowest BCUT2D eigenvalue weighted by Crippen LogP contribution is -2.44. The SMILES string of the molecule is COc1cc(N2CCOC[C@H]2C)c(-c2cnn(C)c2)cc1Nc1ncc(Br)c(Nc2ccc3nccnc3c2P(C)(C)=O)n1. The molecular weight excluding hydrogens is 645 g/mol. The molecule has 6 rings (SSSR count). The number of anilines is 5. The monoisotopic (exact) mass is 677 g/mol. The Labute approximate surface area is 263 Å². The molecule has 3 aromatic heterocycles. The van der Waals surface area contributed by atoms with Crippen molar-refractivity contribution in [2.24, 2.45) is 7.05 Å². The molecule has 14 heteroatoms. The second-order valence-electron chi connectivity index (χ2n) is 11.0. The number of halogens is 1. The first-order valence-electron chi connectivity index (χ1n) is 14.0. The van der Waals surface area contributed by atoms with Crippen molar-refractivity contribution in [2.45, 2.75) is 13.0 Å². The Balaban J connectivity index is 1.39. The fourth-order valence-electron chi connectivity index (χ4n) is 5.38. The van der Waals surface area contributed by atoms with Crippen LogP contribution in [0.4, 0.5) is 28.8 Å². The Morgan fingerprint density at radius 2 is 1.91 bits per heavy atom. The van der Waals surface area contributed by atoms with Gasteiger partial charge in [-0.1, -0.05) is 0 Å². The quantitative estimate of drug-likeness (QED) is 0.200. The van der Waals surface area contributed by atoms with E-state index in [-0.39, 0.29) is 6.04 Å². The number of rotatable bonds is 8. The van der Waals surface area contributed by atoms with Gasteiger partial charge >= 0.3 is 0 Å². The van der Waals surface area contributed by atoms with Gasteiger partial charge in [-0.3, -0.25) is 14.6 Å². The van der Waals surface area contributed by atoms with Gasteiger partial charge in [0.25, 0.3) is 0 Å². The van der Waals surface area contributed by atoms with E-state index in [1.807, 2.05) is 43.7 Å². The van der Waals surface area contributed by atoms with E-state index >= 15 is 0 Å². The second-order valence-corrected chi connectivity index (χ2v) is 15.0. The fraction of sp³-hybridized carbons (Fsp3) is 0.300.